The van der Waals surface area contributed by atoms with E-state index in [0.29, 0.717) is 0 Å². The van der Waals surface area contributed by atoms with E-state index in [1.54, 1.807) is 0 Å². The quantitative estimate of drug-likeness (QED) is 0.542. The Morgan fingerprint density at radius 3 is 1.78 bits per heavy atom. The first kappa shape index (κ1) is 9.02. The van der Waals surface area contributed by atoms with E-state index >= 15 is 0 Å². The van der Waals surface area contributed by atoms with E-state index in [1.807, 2.05) is 0 Å². The average molecular weight is 252 g/mol. The van der Waals surface area contributed by atoms with Crippen molar-refractivity contribution in [3.05, 3.63) is 0 Å². The van der Waals surface area contributed by atoms with Crippen LogP contribution >= 0.6 is 0 Å². The number of nitrogens with zero attached hydrogens (tertiary/aromatic N) is 2. The normalized spacial score (nSPS) is 7.78. The van der Waals surface area contributed by atoms with Gasteiger partial charge >= 0.3 is 67.4 Å². The van der Waals surface area contributed by atoms with Crippen LogP contribution in [-0.4, -0.2) is 29.9 Å². The predicted molar refractivity (Wildman–Crippen MR) is 37.0 cm³/mol. The number of hydrogen-bond acceptors (Lipinski definition) is 2. The Morgan fingerprint density at radius 2 is 1.44 bits per heavy atom. The first-order valence-electron chi connectivity index (χ1n) is 2.43. The van der Waals surface area contributed by atoms with Gasteiger partial charge in [0.15, 0.2) is 0 Å². The Kier molecular flexibility index (Phi) is 8.04. The summed E-state index contributed by atoms with van der Waals surface area (Å²) in [6, 6.07) is 0. The van der Waals surface area contributed by atoms with Crippen LogP contribution in [0.2, 0.25) is 10.6 Å². The summed E-state index contributed by atoms with van der Waals surface area (Å²) >= 11 is 0.344. The van der Waals surface area contributed by atoms with Crippen LogP contribution < -0.4 is 0 Å². The summed E-state index contributed by atoms with van der Waals surface area (Å²) in [5.74, 6) is 0. The van der Waals surface area contributed by atoms with Crippen LogP contribution in [0.25, 0.3) is 0 Å². The molecule has 0 aromatic rings. The molecule has 0 fully saturated rings. The second-order valence-corrected chi connectivity index (χ2v) is 4.92. The third-order valence-corrected chi connectivity index (χ3v) is 3.23. The van der Waals surface area contributed by atoms with Crippen molar-refractivity contribution in [1.29, 1.82) is 10.5 Å². The van der Waals surface area contributed by atoms with E-state index in [1.165, 1.54) is 0 Å². The molecule has 0 aromatic carbocycles. The van der Waals surface area contributed by atoms with Crippen molar-refractivity contribution in [3.63, 3.8) is 0 Å². The Labute approximate surface area is 67.5 Å². The van der Waals surface area contributed by atoms with E-state index in [-0.39, 0.29) is 29.9 Å². The summed E-state index contributed by atoms with van der Waals surface area (Å²) in [5.41, 5.74) is 0. The van der Waals surface area contributed by atoms with Gasteiger partial charge in [0, 0.05) is 0 Å². The van der Waals surface area contributed by atoms with Gasteiger partial charge in [-0.2, -0.15) is 0 Å². The van der Waals surface area contributed by atoms with Gasteiger partial charge in [-0.1, -0.05) is 0 Å². The average Bonchev–Trinajstić information content (AvgIpc) is 1.89. The zero-order valence-electron chi connectivity index (χ0n) is 4.83. The van der Waals surface area contributed by atoms with Gasteiger partial charge in [-0.15, -0.1) is 0 Å². The van der Waals surface area contributed by atoms with E-state index in [2.05, 4.69) is 9.94 Å². The van der Waals surface area contributed by atoms with Crippen LogP contribution in [0.1, 0.15) is 6.42 Å². The molecule has 0 aliphatic heterocycles. The Bertz CT molecular complexity index is 117. The number of hydrogen-bond donors (Lipinski definition) is 0. The summed E-state index contributed by atoms with van der Waals surface area (Å²) in [6.45, 7) is 0. The van der Waals surface area contributed by atoms with Gasteiger partial charge in [0.25, 0.3) is 0 Å². The summed E-state index contributed by atoms with van der Waals surface area (Å²) in [6.07, 6.45) is 1.07. The molecular weight excluding hydrogens is 246 g/mol. The molecule has 0 heterocycles. The van der Waals surface area contributed by atoms with Crippen molar-refractivity contribution in [2.45, 2.75) is 17.1 Å². The summed E-state index contributed by atoms with van der Waals surface area (Å²) in [7, 11) is 0. The Balaban J connectivity index is 2.79. The van der Waals surface area contributed by atoms with Crippen molar-refractivity contribution in [2.75, 3.05) is 0 Å². The SMILES string of the molecule is N#C[Se]CCC[Se]C#N. The predicted octanol–water partition coefficient (Wildman–Crippen LogP) is 0.584. The van der Waals surface area contributed by atoms with E-state index in [4.69, 9.17) is 10.5 Å². The molecule has 0 rings (SSSR count). The molecule has 0 spiro atoms. The third kappa shape index (κ3) is 8.02. The molecule has 4 heteroatoms. The first-order chi connectivity index (χ1) is 4.41. The van der Waals surface area contributed by atoms with Crippen molar-refractivity contribution >= 4 is 29.9 Å². The van der Waals surface area contributed by atoms with Gasteiger partial charge in [0.1, 0.15) is 0 Å². The van der Waals surface area contributed by atoms with Gasteiger partial charge in [0.2, 0.25) is 0 Å². The van der Waals surface area contributed by atoms with Crippen molar-refractivity contribution in [1.82, 2.24) is 0 Å². The molecule has 0 unspecified atom stereocenters. The molecular formula is C5H6N2Se2. The van der Waals surface area contributed by atoms with Gasteiger partial charge in [-0.3, -0.25) is 0 Å². The minimum atomic E-state index is 0.172. The first-order valence-corrected chi connectivity index (χ1v) is 6.57. The minimum absolute atomic E-state index is 0.172. The van der Waals surface area contributed by atoms with Gasteiger partial charge in [-0.05, 0) is 0 Å². The Morgan fingerprint density at radius 1 is 1.00 bits per heavy atom. The molecule has 0 aliphatic rings. The second kappa shape index (κ2) is 8.02. The Hall–Kier alpha value is 0.0190. The van der Waals surface area contributed by atoms with E-state index in [9.17, 15) is 0 Å². The fourth-order valence-corrected chi connectivity index (χ4v) is 2.82. The molecule has 0 atom stereocenters. The maximum absolute atomic E-state index is 8.14. The topological polar surface area (TPSA) is 47.6 Å². The van der Waals surface area contributed by atoms with Crippen LogP contribution in [0.3, 0.4) is 0 Å². The summed E-state index contributed by atoms with van der Waals surface area (Å²) in [4.78, 5) is 4.26. The van der Waals surface area contributed by atoms with Gasteiger partial charge in [0.05, 0.1) is 0 Å². The van der Waals surface area contributed by atoms with Crippen molar-refractivity contribution < 1.29 is 0 Å². The molecule has 0 aromatic heterocycles. The van der Waals surface area contributed by atoms with Crippen LogP contribution in [0.4, 0.5) is 0 Å². The molecule has 0 aliphatic carbocycles. The van der Waals surface area contributed by atoms with Crippen LogP contribution in [-0.2, 0) is 0 Å². The molecule has 0 saturated carbocycles. The fraction of sp³-hybridized carbons (Fsp3) is 0.600. The fourth-order valence-electron chi connectivity index (χ4n) is 0.295. The van der Waals surface area contributed by atoms with Crippen molar-refractivity contribution in [2.24, 2.45) is 0 Å². The summed E-state index contributed by atoms with van der Waals surface area (Å²) in [5, 5.41) is 18.3. The second-order valence-electron chi connectivity index (χ2n) is 1.23. The van der Waals surface area contributed by atoms with Gasteiger partial charge < -0.3 is 0 Å². The third-order valence-electron chi connectivity index (χ3n) is 0.622. The standard InChI is InChI=1S/C5H6N2Se2/c6-4-8-2-1-3-9-5-7/h1-3H2. The molecule has 0 radical (unpaired) electrons. The van der Waals surface area contributed by atoms with E-state index < -0.39 is 0 Å². The maximum atomic E-state index is 8.14. The van der Waals surface area contributed by atoms with Crippen LogP contribution in [0, 0.1) is 20.5 Å². The molecule has 0 amide bonds. The van der Waals surface area contributed by atoms with Crippen LogP contribution in [0.15, 0.2) is 0 Å². The molecule has 48 valence electrons. The molecule has 9 heavy (non-hydrogen) atoms. The zero-order valence-corrected chi connectivity index (χ0v) is 8.26. The molecule has 0 bridgehead atoms. The number of rotatable bonds is 4. The van der Waals surface area contributed by atoms with Crippen LogP contribution in [0.5, 0.6) is 0 Å². The van der Waals surface area contributed by atoms with E-state index in [0.717, 1.165) is 17.1 Å². The molecule has 0 N–H and O–H groups in total. The summed E-state index contributed by atoms with van der Waals surface area (Å²) < 4.78 is 0. The monoisotopic (exact) mass is 254 g/mol. The molecule has 2 nitrogen and oxygen atoms in total. The van der Waals surface area contributed by atoms with Gasteiger partial charge in [-0.25, -0.2) is 0 Å². The molecule has 0 saturated heterocycles. The van der Waals surface area contributed by atoms with Crippen molar-refractivity contribution in [3.8, 4) is 9.94 Å². The zero-order chi connectivity index (χ0) is 6.95. The number of nitriles is 2.